The number of morpholine rings is 1. The van der Waals surface area contributed by atoms with Crippen LogP contribution in [0.25, 0.3) is 0 Å². The smallest absolute Gasteiger partial charge is 0.325 e. The second-order valence-corrected chi connectivity index (χ2v) is 7.07. The highest BCUT2D eigenvalue weighted by Gasteiger charge is 2.49. The molecule has 1 atom stereocenters. The lowest BCUT2D eigenvalue weighted by molar-refractivity contribution is -0.159. The second-order valence-electron chi connectivity index (χ2n) is 7.07. The third kappa shape index (κ3) is 3.34. The molecule has 0 aromatic carbocycles. The zero-order valence-electron chi connectivity index (χ0n) is 14.6. The number of nitrogens with zero attached hydrogens (tertiary/aromatic N) is 2. The van der Waals surface area contributed by atoms with Gasteiger partial charge in [0.25, 0.3) is 5.91 Å². The summed E-state index contributed by atoms with van der Waals surface area (Å²) in [6.07, 6.45) is 0.956. The van der Waals surface area contributed by atoms with Gasteiger partial charge in [0.15, 0.2) is 0 Å². The normalized spacial score (nSPS) is 26.4. The van der Waals surface area contributed by atoms with Gasteiger partial charge in [-0.05, 0) is 33.6 Å². The summed E-state index contributed by atoms with van der Waals surface area (Å²) in [5, 5.41) is 2.74. The summed E-state index contributed by atoms with van der Waals surface area (Å²) in [5.74, 6) is -0.527. The SMILES string of the molecule is CCC1(CC)NC(=O)N(CC(=O)N2CC(C)OC(C)(C)C2)C1=O. The minimum atomic E-state index is -0.866. The highest BCUT2D eigenvalue weighted by molar-refractivity contribution is 6.09. The van der Waals surface area contributed by atoms with E-state index in [0.717, 1.165) is 4.90 Å². The van der Waals surface area contributed by atoms with Crippen LogP contribution in [0.5, 0.6) is 0 Å². The van der Waals surface area contributed by atoms with Gasteiger partial charge in [-0.3, -0.25) is 14.5 Å². The molecule has 0 bridgehead atoms. The summed E-state index contributed by atoms with van der Waals surface area (Å²) >= 11 is 0. The lowest BCUT2D eigenvalue weighted by Crippen LogP contribution is -2.56. The Morgan fingerprint density at radius 1 is 1.30 bits per heavy atom. The number of nitrogens with one attached hydrogen (secondary N) is 1. The molecule has 1 unspecified atom stereocenters. The number of amides is 4. The third-order valence-corrected chi connectivity index (χ3v) is 4.67. The number of hydrogen-bond acceptors (Lipinski definition) is 4. The van der Waals surface area contributed by atoms with Crippen molar-refractivity contribution in [1.82, 2.24) is 15.1 Å². The highest BCUT2D eigenvalue weighted by atomic mass is 16.5. The molecule has 0 aromatic heterocycles. The number of carbonyl (C=O) groups excluding carboxylic acids is 3. The van der Waals surface area contributed by atoms with Gasteiger partial charge in [-0.1, -0.05) is 13.8 Å². The number of hydrogen-bond donors (Lipinski definition) is 1. The largest absolute Gasteiger partial charge is 0.369 e. The number of ether oxygens (including phenoxy) is 1. The van der Waals surface area contributed by atoms with Crippen LogP contribution in [-0.2, 0) is 14.3 Å². The standard InChI is InChI=1S/C16H27N3O4/c1-6-16(7-2)13(21)19(14(22)17-16)9-12(20)18-8-11(3)23-15(4,5)10-18/h11H,6-10H2,1-5H3,(H,17,22). The molecule has 2 aliphatic rings. The Kier molecular flexibility index (Phi) is 4.71. The molecule has 2 heterocycles. The van der Waals surface area contributed by atoms with E-state index in [1.54, 1.807) is 4.90 Å². The monoisotopic (exact) mass is 325 g/mol. The molecule has 23 heavy (non-hydrogen) atoms. The number of carbonyl (C=O) groups is 3. The topological polar surface area (TPSA) is 79.0 Å². The van der Waals surface area contributed by atoms with E-state index in [2.05, 4.69) is 5.32 Å². The van der Waals surface area contributed by atoms with E-state index in [1.165, 1.54) is 0 Å². The predicted molar refractivity (Wildman–Crippen MR) is 84.8 cm³/mol. The summed E-state index contributed by atoms with van der Waals surface area (Å²) in [6.45, 7) is 10.2. The van der Waals surface area contributed by atoms with Crippen molar-refractivity contribution in [1.29, 1.82) is 0 Å². The zero-order chi connectivity index (χ0) is 17.4. The molecule has 2 fully saturated rings. The summed E-state index contributed by atoms with van der Waals surface area (Å²) in [4.78, 5) is 40.0. The maximum absolute atomic E-state index is 12.6. The Morgan fingerprint density at radius 2 is 1.91 bits per heavy atom. The van der Waals surface area contributed by atoms with Crippen molar-refractivity contribution >= 4 is 17.8 Å². The van der Waals surface area contributed by atoms with Gasteiger partial charge in [-0.15, -0.1) is 0 Å². The van der Waals surface area contributed by atoms with Crippen molar-refractivity contribution in [2.75, 3.05) is 19.6 Å². The summed E-state index contributed by atoms with van der Waals surface area (Å²) in [6, 6.07) is -0.479. The molecule has 0 aliphatic carbocycles. The third-order valence-electron chi connectivity index (χ3n) is 4.67. The molecule has 0 spiro atoms. The van der Waals surface area contributed by atoms with E-state index in [1.807, 2.05) is 34.6 Å². The molecule has 7 nitrogen and oxygen atoms in total. The molecule has 0 radical (unpaired) electrons. The Morgan fingerprint density at radius 3 is 2.39 bits per heavy atom. The predicted octanol–water partition coefficient (Wildman–Crippen LogP) is 1.12. The van der Waals surface area contributed by atoms with Crippen molar-refractivity contribution in [3.05, 3.63) is 0 Å². The van der Waals surface area contributed by atoms with Gasteiger partial charge < -0.3 is 15.0 Å². The van der Waals surface area contributed by atoms with Crippen LogP contribution < -0.4 is 5.32 Å². The van der Waals surface area contributed by atoms with Crippen molar-refractivity contribution in [2.24, 2.45) is 0 Å². The molecule has 0 saturated carbocycles. The van der Waals surface area contributed by atoms with Gasteiger partial charge in [0.2, 0.25) is 5.91 Å². The Hall–Kier alpha value is -1.63. The van der Waals surface area contributed by atoms with Crippen molar-refractivity contribution in [2.45, 2.75) is 64.7 Å². The minimum absolute atomic E-state index is 0.0730. The van der Waals surface area contributed by atoms with Crippen LogP contribution in [0.2, 0.25) is 0 Å². The van der Waals surface area contributed by atoms with Crippen molar-refractivity contribution < 1.29 is 19.1 Å². The summed E-state index contributed by atoms with van der Waals surface area (Å²) in [7, 11) is 0. The Bertz CT molecular complexity index is 513. The molecular formula is C16H27N3O4. The van der Waals surface area contributed by atoms with Crippen LogP contribution in [0.1, 0.15) is 47.5 Å². The van der Waals surface area contributed by atoms with Crippen LogP contribution in [0.15, 0.2) is 0 Å². The van der Waals surface area contributed by atoms with Crippen LogP contribution in [-0.4, -0.2) is 64.5 Å². The summed E-state index contributed by atoms with van der Waals surface area (Å²) < 4.78 is 5.78. The maximum Gasteiger partial charge on any atom is 0.325 e. The minimum Gasteiger partial charge on any atom is -0.369 e. The molecular weight excluding hydrogens is 298 g/mol. The highest BCUT2D eigenvalue weighted by Crippen LogP contribution is 2.26. The van der Waals surface area contributed by atoms with Crippen molar-refractivity contribution in [3.8, 4) is 0 Å². The average Bonchev–Trinajstić information content (AvgIpc) is 2.69. The lowest BCUT2D eigenvalue weighted by Gasteiger charge is -2.42. The van der Waals surface area contributed by atoms with E-state index in [-0.39, 0.29) is 24.5 Å². The van der Waals surface area contributed by atoms with Gasteiger partial charge in [-0.25, -0.2) is 4.79 Å². The molecule has 0 aromatic rings. The Balaban J connectivity index is 2.08. The first-order valence-electron chi connectivity index (χ1n) is 8.24. The van der Waals surface area contributed by atoms with Crippen LogP contribution in [0.4, 0.5) is 4.79 Å². The molecule has 1 N–H and O–H groups in total. The molecule has 4 amide bonds. The lowest BCUT2D eigenvalue weighted by atomic mass is 9.93. The first-order valence-corrected chi connectivity index (χ1v) is 8.24. The van der Waals surface area contributed by atoms with E-state index in [0.29, 0.717) is 25.9 Å². The van der Waals surface area contributed by atoms with Gasteiger partial charge in [0, 0.05) is 13.1 Å². The number of urea groups is 1. The van der Waals surface area contributed by atoms with Crippen LogP contribution in [0, 0.1) is 0 Å². The average molecular weight is 325 g/mol. The summed E-state index contributed by atoms with van der Waals surface area (Å²) in [5.41, 5.74) is -1.30. The van der Waals surface area contributed by atoms with Gasteiger partial charge in [0.05, 0.1) is 11.7 Å². The maximum atomic E-state index is 12.6. The number of imide groups is 1. The van der Waals surface area contributed by atoms with E-state index in [4.69, 9.17) is 4.74 Å². The molecule has 2 rings (SSSR count). The van der Waals surface area contributed by atoms with E-state index < -0.39 is 17.2 Å². The van der Waals surface area contributed by atoms with Gasteiger partial charge in [-0.2, -0.15) is 0 Å². The van der Waals surface area contributed by atoms with Gasteiger partial charge >= 0.3 is 6.03 Å². The van der Waals surface area contributed by atoms with Gasteiger partial charge in [0.1, 0.15) is 12.1 Å². The molecule has 2 saturated heterocycles. The first kappa shape index (κ1) is 17.7. The Labute approximate surface area is 137 Å². The zero-order valence-corrected chi connectivity index (χ0v) is 14.6. The van der Waals surface area contributed by atoms with Crippen molar-refractivity contribution in [3.63, 3.8) is 0 Å². The van der Waals surface area contributed by atoms with E-state index in [9.17, 15) is 14.4 Å². The van der Waals surface area contributed by atoms with Crippen LogP contribution in [0.3, 0.4) is 0 Å². The quantitative estimate of drug-likeness (QED) is 0.786. The molecule has 2 aliphatic heterocycles. The molecule has 7 heteroatoms. The van der Waals surface area contributed by atoms with Crippen LogP contribution >= 0.6 is 0 Å². The molecule has 130 valence electrons. The first-order chi connectivity index (χ1) is 10.6. The number of rotatable bonds is 4. The fourth-order valence-electron chi connectivity index (χ4n) is 3.43. The van der Waals surface area contributed by atoms with E-state index >= 15 is 0 Å². The fourth-order valence-corrected chi connectivity index (χ4v) is 3.43. The second kappa shape index (κ2) is 6.11. The fraction of sp³-hybridized carbons (Fsp3) is 0.812.